The van der Waals surface area contributed by atoms with Crippen LogP contribution in [-0.4, -0.2) is 36.9 Å². The largest absolute Gasteiger partial charge is 0.505 e. The van der Waals surface area contributed by atoms with Crippen molar-refractivity contribution in [1.29, 1.82) is 0 Å². The number of phenolic OH excluding ortho intramolecular Hbond substituents is 2. The Hall–Kier alpha value is -3.19. The summed E-state index contributed by atoms with van der Waals surface area (Å²) in [5.41, 5.74) is -0.0671. The molecule has 4 rings (SSSR count). The number of phenols is 2. The van der Waals surface area contributed by atoms with Crippen LogP contribution in [-0.2, 0) is 6.54 Å². The lowest BCUT2D eigenvalue weighted by molar-refractivity contribution is 0.0641. The number of carbonyl (C=O) groups is 2. The van der Waals surface area contributed by atoms with E-state index >= 15 is 0 Å². The van der Waals surface area contributed by atoms with Crippen LogP contribution in [0, 0.1) is 0 Å². The normalized spacial score (nSPS) is 13.6. The van der Waals surface area contributed by atoms with Gasteiger partial charge in [-0.3, -0.25) is 14.5 Å². The summed E-state index contributed by atoms with van der Waals surface area (Å²) in [4.78, 5) is 34.1. The second-order valence-electron chi connectivity index (χ2n) is 5.49. The molecule has 7 nitrogen and oxygen atoms in total. The molecule has 2 heterocycles. The summed E-state index contributed by atoms with van der Waals surface area (Å²) in [6, 6.07) is 6.80. The Morgan fingerprint density at radius 1 is 0.920 bits per heavy atom. The van der Waals surface area contributed by atoms with Gasteiger partial charge in [0.1, 0.15) is 22.2 Å². The number of amides is 2. The van der Waals surface area contributed by atoms with Crippen molar-refractivity contribution >= 4 is 34.4 Å². The molecule has 0 fully saturated rings. The fraction of sp³-hybridized carbons (Fsp3) is 0.0588. The molecule has 124 valence electrons. The maximum Gasteiger partial charge on any atom is 0.265 e. The molecule has 1 aromatic heterocycles. The molecule has 8 heteroatoms. The standard InChI is InChI=1S/C17H10ClN3O4/c18-9-4-2-1-3-8(9)7-21-16(24)10-11(17(21)25)15(23)13-12(14(10)22)19-5-6-20-13/h1-6,22-23H,7H2. The second-order valence-corrected chi connectivity index (χ2v) is 5.90. The Morgan fingerprint density at radius 3 is 1.96 bits per heavy atom. The first-order valence-electron chi connectivity index (χ1n) is 7.29. The van der Waals surface area contributed by atoms with Crippen molar-refractivity contribution in [2.45, 2.75) is 6.54 Å². The van der Waals surface area contributed by atoms with E-state index in [0.717, 1.165) is 4.90 Å². The summed E-state index contributed by atoms with van der Waals surface area (Å²) in [7, 11) is 0. The summed E-state index contributed by atoms with van der Waals surface area (Å²) in [5.74, 6) is -2.40. The molecular formula is C17H10ClN3O4. The van der Waals surface area contributed by atoms with Crippen LogP contribution in [0.25, 0.3) is 11.0 Å². The van der Waals surface area contributed by atoms with Crippen LogP contribution in [0.15, 0.2) is 36.7 Å². The molecule has 25 heavy (non-hydrogen) atoms. The van der Waals surface area contributed by atoms with E-state index in [0.29, 0.717) is 10.6 Å². The first-order valence-corrected chi connectivity index (χ1v) is 7.66. The average Bonchev–Trinajstić information content (AvgIpc) is 2.86. The lowest BCUT2D eigenvalue weighted by Crippen LogP contribution is -2.29. The van der Waals surface area contributed by atoms with E-state index in [1.807, 2.05) is 0 Å². The highest BCUT2D eigenvalue weighted by Gasteiger charge is 2.42. The van der Waals surface area contributed by atoms with E-state index in [-0.39, 0.29) is 28.7 Å². The Kier molecular flexibility index (Phi) is 3.33. The lowest BCUT2D eigenvalue weighted by atomic mass is 10.1. The summed E-state index contributed by atoms with van der Waals surface area (Å²) in [6.07, 6.45) is 2.63. The van der Waals surface area contributed by atoms with Gasteiger partial charge >= 0.3 is 0 Å². The zero-order chi connectivity index (χ0) is 17.7. The first-order chi connectivity index (χ1) is 12.0. The van der Waals surface area contributed by atoms with E-state index in [1.165, 1.54) is 12.4 Å². The number of nitrogens with zero attached hydrogens (tertiary/aromatic N) is 3. The minimum atomic E-state index is -0.722. The highest BCUT2D eigenvalue weighted by molar-refractivity contribution is 6.31. The Morgan fingerprint density at radius 2 is 1.44 bits per heavy atom. The van der Waals surface area contributed by atoms with Gasteiger partial charge in [0.05, 0.1) is 6.54 Å². The molecule has 2 N–H and O–H groups in total. The van der Waals surface area contributed by atoms with Gasteiger partial charge in [-0.15, -0.1) is 0 Å². The minimum Gasteiger partial charge on any atom is -0.505 e. The number of carbonyl (C=O) groups excluding carboxylic acids is 2. The molecule has 1 aliphatic heterocycles. The molecule has 1 aliphatic rings. The number of imide groups is 1. The van der Waals surface area contributed by atoms with Gasteiger partial charge in [-0.25, -0.2) is 9.97 Å². The number of benzene rings is 2. The van der Waals surface area contributed by atoms with Crippen LogP contribution < -0.4 is 0 Å². The van der Waals surface area contributed by atoms with Crippen molar-refractivity contribution in [1.82, 2.24) is 14.9 Å². The molecule has 0 radical (unpaired) electrons. The monoisotopic (exact) mass is 355 g/mol. The van der Waals surface area contributed by atoms with Gasteiger partial charge in [0, 0.05) is 17.4 Å². The Labute approximate surface area is 146 Å². The predicted molar refractivity (Wildman–Crippen MR) is 88.5 cm³/mol. The highest BCUT2D eigenvalue weighted by atomic mass is 35.5. The molecule has 0 atom stereocenters. The summed E-state index contributed by atoms with van der Waals surface area (Å²) < 4.78 is 0. The predicted octanol–water partition coefficient (Wildman–Crippen LogP) is 2.49. The number of aromatic hydroxyl groups is 2. The van der Waals surface area contributed by atoms with Crippen molar-refractivity contribution in [2.24, 2.45) is 0 Å². The number of hydrogen-bond acceptors (Lipinski definition) is 6. The van der Waals surface area contributed by atoms with Gasteiger partial charge in [0.25, 0.3) is 11.8 Å². The number of fused-ring (bicyclic) bond motifs is 2. The van der Waals surface area contributed by atoms with E-state index in [9.17, 15) is 19.8 Å². The third-order valence-electron chi connectivity index (χ3n) is 4.07. The number of aromatic nitrogens is 2. The van der Waals surface area contributed by atoms with Crippen molar-refractivity contribution in [2.75, 3.05) is 0 Å². The van der Waals surface area contributed by atoms with Gasteiger partial charge < -0.3 is 10.2 Å². The highest BCUT2D eigenvalue weighted by Crippen LogP contribution is 2.42. The molecule has 0 saturated heterocycles. The fourth-order valence-corrected chi connectivity index (χ4v) is 3.07. The van der Waals surface area contributed by atoms with E-state index in [2.05, 4.69) is 9.97 Å². The topological polar surface area (TPSA) is 104 Å². The molecule has 2 aromatic carbocycles. The summed E-state index contributed by atoms with van der Waals surface area (Å²) in [6.45, 7) is -0.0812. The van der Waals surface area contributed by atoms with Gasteiger partial charge in [0.2, 0.25) is 0 Å². The average molecular weight is 356 g/mol. The molecule has 0 unspecified atom stereocenters. The molecule has 2 amide bonds. The van der Waals surface area contributed by atoms with Gasteiger partial charge in [-0.1, -0.05) is 29.8 Å². The van der Waals surface area contributed by atoms with Gasteiger partial charge in [-0.2, -0.15) is 0 Å². The van der Waals surface area contributed by atoms with Crippen molar-refractivity contribution < 1.29 is 19.8 Å². The van der Waals surface area contributed by atoms with Crippen LogP contribution in [0.2, 0.25) is 5.02 Å². The third-order valence-corrected chi connectivity index (χ3v) is 4.44. The minimum absolute atomic E-state index is 0.0421. The molecule has 3 aromatic rings. The second kappa shape index (κ2) is 5.42. The molecular weight excluding hydrogens is 346 g/mol. The molecule has 0 saturated carbocycles. The molecule has 0 spiro atoms. The van der Waals surface area contributed by atoms with Crippen LogP contribution >= 0.6 is 11.6 Å². The quantitative estimate of drug-likeness (QED) is 0.540. The summed E-state index contributed by atoms with van der Waals surface area (Å²) >= 11 is 6.09. The smallest absolute Gasteiger partial charge is 0.265 e. The third kappa shape index (κ3) is 2.13. The van der Waals surface area contributed by atoms with Crippen molar-refractivity contribution in [3.8, 4) is 11.5 Å². The van der Waals surface area contributed by atoms with Crippen LogP contribution in [0.5, 0.6) is 11.5 Å². The summed E-state index contributed by atoms with van der Waals surface area (Å²) in [5, 5.41) is 21.2. The van der Waals surface area contributed by atoms with Crippen molar-refractivity contribution in [3.63, 3.8) is 0 Å². The van der Waals surface area contributed by atoms with Crippen LogP contribution in [0.3, 0.4) is 0 Å². The number of hydrogen-bond donors (Lipinski definition) is 2. The van der Waals surface area contributed by atoms with Gasteiger partial charge in [-0.05, 0) is 11.6 Å². The van der Waals surface area contributed by atoms with Crippen LogP contribution in [0.1, 0.15) is 26.3 Å². The van der Waals surface area contributed by atoms with Crippen LogP contribution in [0.4, 0.5) is 0 Å². The van der Waals surface area contributed by atoms with Crippen molar-refractivity contribution in [3.05, 3.63) is 58.4 Å². The van der Waals surface area contributed by atoms with E-state index in [4.69, 9.17) is 11.6 Å². The van der Waals surface area contributed by atoms with Gasteiger partial charge in [0.15, 0.2) is 11.5 Å². The molecule has 0 aliphatic carbocycles. The Bertz CT molecular complexity index is 1010. The number of rotatable bonds is 2. The van der Waals surface area contributed by atoms with E-state index < -0.39 is 23.3 Å². The first kappa shape index (κ1) is 15.3. The maximum atomic E-state index is 12.7. The van der Waals surface area contributed by atoms with E-state index in [1.54, 1.807) is 24.3 Å². The zero-order valence-electron chi connectivity index (χ0n) is 12.6. The lowest BCUT2D eigenvalue weighted by Gasteiger charge is -2.14. The zero-order valence-corrected chi connectivity index (χ0v) is 13.4. The Balaban J connectivity index is 1.88. The molecule has 0 bridgehead atoms. The number of halogens is 1. The maximum absolute atomic E-state index is 12.7. The SMILES string of the molecule is O=C1c2c(c(O)c3nccnc3c2O)C(=O)N1Cc1ccccc1Cl. The fourth-order valence-electron chi connectivity index (χ4n) is 2.88.